The van der Waals surface area contributed by atoms with Crippen LogP contribution in [0.5, 0.6) is 17.2 Å². The first-order valence-electron chi connectivity index (χ1n) is 8.15. The summed E-state index contributed by atoms with van der Waals surface area (Å²) in [7, 11) is 3.14. The van der Waals surface area contributed by atoms with Crippen molar-refractivity contribution in [2.24, 2.45) is 0 Å². The number of carbonyl (C=O) groups excluding carboxylic acids is 1. The van der Waals surface area contributed by atoms with Gasteiger partial charge in [0.2, 0.25) is 5.91 Å². The monoisotopic (exact) mass is 344 g/mol. The summed E-state index contributed by atoms with van der Waals surface area (Å²) in [6.07, 6.45) is 0.306. The molecule has 2 aromatic rings. The number of hydrogen-bond donors (Lipinski definition) is 2. The maximum absolute atomic E-state index is 12.2. The summed E-state index contributed by atoms with van der Waals surface area (Å²) in [6, 6.07) is 12.9. The Kier molecular flexibility index (Phi) is 6.95. The highest BCUT2D eigenvalue weighted by Crippen LogP contribution is 2.29. The molecular formula is C19H24N2O4. The fraction of sp³-hybridized carbons (Fsp3) is 0.316. The van der Waals surface area contributed by atoms with Gasteiger partial charge in [0.1, 0.15) is 17.2 Å². The fourth-order valence-electron chi connectivity index (χ4n) is 2.33. The van der Waals surface area contributed by atoms with E-state index in [4.69, 9.17) is 14.2 Å². The lowest BCUT2D eigenvalue weighted by atomic mass is 10.2. The molecule has 2 aromatic carbocycles. The van der Waals surface area contributed by atoms with Gasteiger partial charge in [-0.1, -0.05) is 12.1 Å². The Morgan fingerprint density at radius 3 is 2.52 bits per heavy atom. The second kappa shape index (κ2) is 9.42. The third-order valence-corrected chi connectivity index (χ3v) is 3.54. The van der Waals surface area contributed by atoms with Crippen molar-refractivity contribution in [3.8, 4) is 17.2 Å². The molecule has 6 nitrogen and oxygen atoms in total. The summed E-state index contributed by atoms with van der Waals surface area (Å²) in [5.41, 5.74) is 1.46. The number of benzene rings is 2. The van der Waals surface area contributed by atoms with Crippen molar-refractivity contribution in [3.05, 3.63) is 42.5 Å². The van der Waals surface area contributed by atoms with Crippen LogP contribution in [0.4, 0.5) is 11.4 Å². The van der Waals surface area contributed by atoms with Gasteiger partial charge < -0.3 is 24.8 Å². The second-order valence-corrected chi connectivity index (χ2v) is 5.22. The SMILES string of the molecule is CCOc1ccccc1NCCC(=O)Nc1cc(OC)ccc1OC. The van der Waals surface area contributed by atoms with Crippen LogP contribution in [-0.4, -0.2) is 33.3 Å². The van der Waals surface area contributed by atoms with Crippen molar-refractivity contribution < 1.29 is 19.0 Å². The third kappa shape index (κ3) is 5.31. The minimum Gasteiger partial charge on any atom is -0.497 e. The lowest BCUT2D eigenvalue weighted by Crippen LogP contribution is -2.17. The summed E-state index contributed by atoms with van der Waals surface area (Å²) in [5.74, 6) is 1.90. The normalized spacial score (nSPS) is 10.0. The molecule has 0 fully saturated rings. The highest BCUT2D eigenvalue weighted by molar-refractivity contribution is 5.92. The van der Waals surface area contributed by atoms with Gasteiger partial charge in [0, 0.05) is 19.0 Å². The number of methoxy groups -OCH3 is 2. The van der Waals surface area contributed by atoms with Crippen molar-refractivity contribution in [3.63, 3.8) is 0 Å². The number of carbonyl (C=O) groups is 1. The molecule has 0 spiro atoms. The van der Waals surface area contributed by atoms with E-state index in [1.165, 1.54) is 0 Å². The van der Waals surface area contributed by atoms with Crippen molar-refractivity contribution in [1.29, 1.82) is 0 Å². The van der Waals surface area contributed by atoms with Crippen LogP contribution < -0.4 is 24.8 Å². The van der Waals surface area contributed by atoms with E-state index in [2.05, 4.69) is 10.6 Å². The Labute approximate surface area is 148 Å². The molecule has 0 heterocycles. The molecule has 134 valence electrons. The minimum absolute atomic E-state index is 0.118. The average Bonchev–Trinajstić information content (AvgIpc) is 2.63. The summed E-state index contributed by atoms with van der Waals surface area (Å²) in [4.78, 5) is 12.2. The topological polar surface area (TPSA) is 68.8 Å². The summed E-state index contributed by atoms with van der Waals surface area (Å²) in [6.45, 7) is 3.02. The Morgan fingerprint density at radius 2 is 1.80 bits per heavy atom. The number of amides is 1. The van der Waals surface area contributed by atoms with Crippen molar-refractivity contribution >= 4 is 17.3 Å². The molecule has 0 aliphatic carbocycles. The minimum atomic E-state index is -0.118. The number of nitrogens with one attached hydrogen (secondary N) is 2. The maximum atomic E-state index is 12.2. The molecule has 0 aromatic heterocycles. The fourth-order valence-corrected chi connectivity index (χ4v) is 2.33. The predicted molar refractivity (Wildman–Crippen MR) is 98.9 cm³/mol. The van der Waals surface area contributed by atoms with Gasteiger partial charge >= 0.3 is 0 Å². The van der Waals surface area contributed by atoms with E-state index in [1.807, 2.05) is 31.2 Å². The molecule has 0 aliphatic heterocycles. The zero-order chi connectivity index (χ0) is 18.1. The van der Waals surface area contributed by atoms with Gasteiger partial charge in [-0.2, -0.15) is 0 Å². The van der Waals surface area contributed by atoms with Gasteiger partial charge in [0.05, 0.1) is 32.2 Å². The van der Waals surface area contributed by atoms with Crippen molar-refractivity contribution in [1.82, 2.24) is 0 Å². The zero-order valence-corrected chi connectivity index (χ0v) is 14.8. The van der Waals surface area contributed by atoms with Crippen LogP contribution in [0.2, 0.25) is 0 Å². The van der Waals surface area contributed by atoms with Gasteiger partial charge in [-0.05, 0) is 31.2 Å². The van der Waals surface area contributed by atoms with E-state index in [9.17, 15) is 4.79 Å². The molecule has 6 heteroatoms. The van der Waals surface area contributed by atoms with E-state index in [0.717, 1.165) is 11.4 Å². The number of para-hydroxylation sites is 2. The highest BCUT2D eigenvalue weighted by atomic mass is 16.5. The second-order valence-electron chi connectivity index (χ2n) is 5.22. The molecule has 1 amide bonds. The average molecular weight is 344 g/mol. The Hall–Kier alpha value is -2.89. The van der Waals surface area contributed by atoms with Crippen LogP contribution in [-0.2, 0) is 4.79 Å². The number of hydrogen-bond acceptors (Lipinski definition) is 5. The quantitative estimate of drug-likeness (QED) is 0.728. The Balaban J connectivity index is 1.91. The van der Waals surface area contributed by atoms with E-state index >= 15 is 0 Å². The maximum Gasteiger partial charge on any atom is 0.226 e. The molecule has 0 saturated carbocycles. The van der Waals surface area contributed by atoms with Crippen LogP contribution in [0.25, 0.3) is 0 Å². The third-order valence-electron chi connectivity index (χ3n) is 3.54. The molecule has 0 atom stereocenters. The zero-order valence-electron chi connectivity index (χ0n) is 14.8. The summed E-state index contributed by atoms with van der Waals surface area (Å²) in [5, 5.41) is 6.07. The first-order valence-corrected chi connectivity index (χ1v) is 8.15. The molecule has 0 radical (unpaired) electrons. The van der Waals surface area contributed by atoms with E-state index in [1.54, 1.807) is 32.4 Å². The Morgan fingerprint density at radius 1 is 1.00 bits per heavy atom. The lowest BCUT2D eigenvalue weighted by molar-refractivity contribution is -0.116. The van der Waals surface area contributed by atoms with Gasteiger partial charge in [0.15, 0.2) is 0 Å². The first kappa shape index (κ1) is 18.4. The van der Waals surface area contributed by atoms with Gasteiger partial charge in [0.25, 0.3) is 0 Å². The van der Waals surface area contributed by atoms with Crippen LogP contribution in [0.3, 0.4) is 0 Å². The molecule has 0 unspecified atom stereocenters. The summed E-state index contributed by atoms with van der Waals surface area (Å²) < 4.78 is 16.0. The van der Waals surface area contributed by atoms with Crippen LogP contribution in [0.15, 0.2) is 42.5 Å². The standard InChI is InChI=1S/C19H24N2O4/c1-4-25-18-8-6-5-7-15(18)20-12-11-19(22)21-16-13-14(23-2)9-10-17(16)24-3/h5-10,13,20H,4,11-12H2,1-3H3,(H,21,22). The molecule has 0 saturated heterocycles. The van der Waals surface area contributed by atoms with Crippen molar-refractivity contribution in [2.45, 2.75) is 13.3 Å². The smallest absolute Gasteiger partial charge is 0.226 e. The van der Waals surface area contributed by atoms with E-state index in [0.29, 0.717) is 36.8 Å². The van der Waals surface area contributed by atoms with Gasteiger partial charge in [-0.15, -0.1) is 0 Å². The number of rotatable bonds is 9. The molecule has 2 N–H and O–H groups in total. The molecule has 25 heavy (non-hydrogen) atoms. The highest BCUT2D eigenvalue weighted by Gasteiger charge is 2.09. The van der Waals surface area contributed by atoms with Crippen LogP contribution in [0, 0.1) is 0 Å². The molecule has 0 aliphatic rings. The van der Waals surface area contributed by atoms with Gasteiger partial charge in [-0.3, -0.25) is 4.79 Å². The van der Waals surface area contributed by atoms with Crippen molar-refractivity contribution in [2.75, 3.05) is 38.0 Å². The molecule has 0 bridgehead atoms. The van der Waals surface area contributed by atoms with E-state index in [-0.39, 0.29) is 5.91 Å². The summed E-state index contributed by atoms with van der Waals surface area (Å²) >= 11 is 0. The predicted octanol–water partition coefficient (Wildman–Crippen LogP) is 3.54. The largest absolute Gasteiger partial charge is 0.497 e. The number of ether oxygens (including phenoxy) is 3. The first-order chi connectivity index (χ1) is 12.2. The van der Waals surface area contributed by atoms with Crippen LogP contribution in [0.1, 0.15) is 13.3 Å². The number of anilines is 2. The Bertz CT molecular complexity index is 704. The van der Waals surface area contributed by atoms with Crippen LogP contribution >= 0.6 is 0 Å². The van der Waals surface area contributed by atoms with Gasteiger partial charge in [-0.25, -0.2) is 0 Å². The molecular weight excluding hydrogens is 320 g/mol. The van der Waals surface area contributed by atoms with E-state index < -0.39 is 0 Å². The molecule has 2 rings (SSSR count). The lowest BCUT2D eigenvalue weighted by Gasteiger charge is -2.13.